The maximum Gasteiger partial charge on any atom is 0.140 e. The molecule has 1 rings (SSSR count). The summed E-state index contributed by atoms with van der Waals surface area (Å²) in [4.78, 5) is 0. The highest BCUT2D eigenvalue weighted by molar-refractivity contribution is 9.11. The van der Waals surface area contributed by atoms with E-state index in [-0.39, 0.29) is 0 Å². The minimum atomic E-state index is -0.562. The summed E-state index contributed by atoms with van der Waals surface area (Å²) in [6, 6.07) is 0.854. The summed E-state index contributed by atoms with van der Waals surface area (Å²) in [7, 11) is 0. The zero-order valence-corrected chi connectivity index (χ0v) is 9.47. The van der Waals surface area contributed by atoms with E-state index < -0.39 is 11.6 Å². The van der Waals surface area contributed by atoms with Crippen LogP contribution in [0.4, 0.5) is 8.78 Å². The summed E-state index contributed by atoms with van der Waals surface area (Å²) in [5, 5.41) is 0. The van der Waals surface area contributed by atoms with Gasteiger partial charge in [-0.1, -0.05) is 6.92 Å². The molecule has 0 radical (unpaired) electrons. The first-order valence-electron chi connectivity index (χ1n) is 3.39. The van der Waals surface area contributed by atoms with Crippen molar-refractivity contribution >= 4 is 31.9 Å². The van der Waals surface area contributed by atoms with E-state index in [1.165, 1.54) is 0 Å². The van der Waals surface area contributed by atoms with Crippen molar-refractivity contribution in [1.82, 2.24) is 0 Å². The Kier molecular flexibility index (Phi) is 3.23. The number of hydrogen-bond acceptors (Lipinski definition) is 0. The highest BCUT2D eigenvalue weighted by atomic mass is 79.9. The fourth-order valence-electron chi connectivity index (χ4n) is 0.933. The number of rotatable bonds is 1. The Morgan fingerprint density at radius 1 is 1.17 bits per heavy atom. The van der Waals surface area contributed by atoms with E-state index in [1.54, 1.807) is 0 Å². The predicted molar refractivity (Wildman–Crippen MR) is 51.1 cm³/mol. The molecular weight excluding hydrogens is 294 g/mol. The minimum Gasteiger partial charge on any atom is -0.206 e. The van der Waals surface area contributed by atoms with Crippen LogP contribution in [0.3, 0.4) is 0 Å². The van der Waals surface area contributed by atoms with E-state index in [0.29, 0.717) is 20.9 Å². The number of hydrogen-bond donors (Lipinski definition) is 0. The monoisotopic (exact) mass is 298 g/mol. The molecule has 0 aliphatic carbocycles. The number of benzene rings is 1. The molecule has 0 unspecified atom stereocenters. The van der Waals surface area contributed by atoms with E-state index in [1.807, 2.05) is 6.92 Å². The van der Waals surface area contributed by atoms with E-state index in [0.717, 1.165) is 6.07 Å². The van der Waals surface area contributed by atoms with E-state index in [2.05, 4.69) is 31.9 Å². The van der Waals surface area contributed by atoms with Crippen molar-refractivity contribution in [3.05, 3.63) is 32.2 Å². The van der Waals surface area contributed by atoms with Crippen molar-refractivity contribution in [2.24, 2.45) is 0 Å². The Morgan fingerprint density at radius 2 is 1.58 bits per heavy atom. The van der Waals surface area contributed by atoms with Gasteiger partial charge in [-0.15, -0.1) is 0 Å². The lowest BCUT2D eigenvalue weighted by molar-refractivity contribution is 0.570. The lowest BCUT2D eigenvalue weighted by Crippen LogP contribution is -1.93. The molecular formula is C8H6Br2F2. The summed E-state index contributed by atoms with van der Waals surface area (Å²) < 4.78 is 26.5. The summed E-state index contributed by atoms with van der Waals surface area (Å²) in [6.07, 6.45) is 0.579. The molecule has 0 saturated carbocycles. The van der Waals surface area contributed by atoms with Crippen LogP contribution in [0.1, 0.15) is 12.5 Å². The molecule has 0 aliphatic heterocycles. The first-order chi connectivity index (χ1) is 5.57. The smallest absolute Gasteiger partial charge is 0.140 e. The molecule has 66 valence electrons. The van der Waals surface area contributed by atoms with Crippen LogP contribution in [0.5, 0.6) is 0 Å². The van der Waals surface area contributed by atoms with Gasteiger partial charge in [0.2, 0.25) is 0 Å². The molecule has 0 spiro atoms. The van der Waals surface area contributed by atoms with E-state index in [4.69, 9.17) is 0 Å². The molecule has 0 aliphatic rings. The van der Waals surface area contributed by atoms with Gasteiger partial charge in [0.1, 0.15) is 11.6 Å². The Labute approximate surface area is 86.2 Å². The zero-order valence-electron chi connectivity index (χ0n) is 6.30. The Hall–Kier alpha value is 0.0400. The fraction of sp³-hybridized carbons (Fsp3) is 0.250. The second-order valence-corrected chi connectivity index (χ2v) is 3.89. The molecule has 0 atom stereocenters. The summed E-state index contributed by atoms with van der Waals surface area (Å²) >= 11 is 6.11. The van der Waals surface area contributed by atoms with Crippen LogP contribution >= 0.6 is 31.9 Å². The van der Waals surface area contributed by atoms with E-state index >= 15 is 0 Å². The lowest BCUT2D eigenvalue weighted by Gasteiger charge is -2.06. The van der Waals surface area contributed by atoms with Gasteiger partial charge < -0.3 is 0 Å². The molecule has 1 aromatic rings. The van der Waals surface area contributed by atoms with Crippen LogP contribution in [0.25, 0.3) is 0 Å². The second kappa shape index (κ2) is 3.83. The van der Waals surface area contributed by atoms with Crippen molar-refractivity contribution in [3.63, 3.8) is 0 Å². The largest absolute Gasteiger partial charge is 0.206 e. The molecule has 0 N–H and O–H groups in total. The van der Waals surface area contributed by atoms with Crippen molar-refractivity contribution in [3.8, 4) is 0 Å². The van der Waals surface area contributed by atoms with Crippen LogP contribution in [0.15, 0.2) is 15.0 Å². The van der Waals surface area contributed by atoms with Crippen LogP contribution in [0.2, 0.25) is 0 Å². The SMILES string of the molecule is CCc1c(Br)c(F)cc(F)c1Br. The average Bonchev–Trinajstić information content (AvgIpc) is 2.02. The quantitative estimate of drug-likeness (QED) is 0.686. The van der Waals surface area contributed by atoms with Gasteiger partial charge in [-0.25, -0.2) is 8.78 Å². The molecule has 12 heavy (non-hydrogen) atoms. The highest BCUT2D eigenvalue weighted by Crippen LogP contribution is 2.30. The molecule has 0 aromatic heterocycles. The Bertz CT molecular complexity index is 284. The summed E-state index contributed by atoms with van der Waals surface area (Å²) in [5.74, 6) is -1.12. The van der Waals surface area contributed by atoms with Crippen LogP contribution in [-0.4, -0.2) is 0 Å². The Balaban J connectivity index is 3.42. The van der Waals surface area contributed by atoms with Crippen molar-refractivity contribution in [1.29, 1.82) is 0 Å². The van der Waals surface area contributed by atoms with Gasteiger partial charge in [0, 0.05) is 6.07 Å². The first kappa shape index (κ1) is 10.1. The third-order valence-corrected chi connectivity index (χ3v) is 3.27. The molecule has 4 heteroatoms. The molecule has 1 aromatic carbocycles. The van der Waals surface area contributed by atoms with Crippen molar-refractivity contribution < 1.29 is 8.78 Å². The molecule has 0 fully saturated rings. The Morgan fingerprint density at radius 3 is 1.92 bits per heavy atom. The lowest BCUT2D eigenvalue weighted by atomic mass is 10.1. The van der Waals surface area contributed by atoms with Crippen molar-refractivity contribution in [2.75, 3.05) is 0 Å². The maximum absolute atomic E-state index is 12.9. The maximum atomic E-state index is 12.9. The molecule has 0 amide bonds. The van der Waals surface area contributed by atoms with Crippen LogP contribution < -0.4 is 0 Å². The summed E-state index contributed by atoms with van der Waals surface area (Å²) in [5.41, 5.74) is 0.618. The molecule has 0 saturated heterocycles. The van der Waals surface area contributed by atoms with Gasteiger partial charge in [-0.05, 0) is 43.8 Å². The van der Waals surface area contributed by atoms with E-state index in [9.17, 15) is 8.78 Å². The van der Waals surface area contributed by atoms with Crippen LogP contribution in [-0.2, 0) is 6.42 Å². The van der Waals surface area contributed by atoms with Crippen molar-refractivity contribution in [2.45, 2.75) is 13.3 Å². The van der Waals surface area contributed by atoms with Gasteiger partial charge in [0.25, 0.3) is 0 Å². The normalized spacial score (nSPS) is 10.4. The summed E-state index contributed by atoms with van der Waals surface area (Å²) in [6.45, 7) is 1.84. The molecule has 0 heterocycles. The zero-order chi connectivity index (χ0) is 9.30. The third kappa shape index (κ3) is 1.69. The standard InChI is InChI=1S/C8H6Br2F2/c1-2-4-7(9)5(11)3-6(12)8(4)10/h3H,2H2,1H3. The van der Waals surface area contributed by atoms with Gasteiger partial charge in [-0.2, -0.15) is 0 Å². The molecule has 0 nitrogen and oxygen atoms in total. The molecule has 0 bridgehead atoms. The minimum absolute atomic E-state index is 0.332. The average molecular weight is 300 g/mol. The topological polar surface area (TPSA) is 0 Å². The van der Waals surface area contributed by atoms with Crippen LogP contribution in [0, 0.1) is 11.6 Å². The number of halogens is 4. The van der Waals surface area contributed by atoms with Gasteiger partial charge in [-0.3, -0.25) is 0 Å². The van der Waals surface area contributed by atoms with Gasteiger partial charge in [0.05, 0.1) is 8.95 Å². The fourth-order valence-corrected chi connectivity index (χ4v) is 2.39. The van der Waals surface area contributed by atoms with Gasteiger partial charge in [0.15, 0.2) is 0 Å². The highest BCUT2D eigenvalue weighted by Gasteiger charge is 2.12. The third-order valence-electron chi connectivity index (χ3n) is 1.56. The predicted octanol–water partition coefficient (Wildman–Crippen LogP) is 4.05. The van der Waals surface area contributed by atoms with Gasteiger partial charge >= 0.3 is 0 Å². The second-order valence-electron chi connectivity index (χ2n) is 2.30. The first-order valence-corrected chi connectivity index (χ1v) is 4.98.